The highest BCUT2D eigenvalue weighted by atomic mass is 16.3. The van der Waals surface area contributed by atoms with Crippen LogP contribution in [-0.2, 0) is 4.79 Å². The number of carbonyl (C=O) groups excluding carboxylic acids is 1. The number of phenols is 2. The standard InChI is InChI=1S/C14H16O5/c15-9(13-10(16)6-7-11(13)17)5-4-8-2-1-3-12(18)14(8)19/h1-5,10-11,13,16-19H,6-7H2/b5-4+. The van der Waals surface area contributed by atoms with E-state index in [0.29, 0.717) is 18.4 Å². The van der Waals surface area contributed by atoms with Crippen LogP contribution in [0.5, 0.6) is 11.5 Å². The molecule has 19 heavy (non-hydrogen) atoms. The van der Waals surface area contributed by atoms with E-state index in [2.05, 4.69) is 0 Å². The van der Waals surface area contributed by atoms with Gasteiger partial charge in [-0.2, -0.15) is 0 Å². The van der Waals surface area contributed by atoms with Crippen molar-refractivity contribution in [1.29, 1.82) is 0 Å². The molecular weight excluding hydrogens is 248 g/mol. The maximum absolute atomic E-state index is 11.9. The van der Waals surface area contributed by atoms with E-state index in [9.17, 15) is 25.2 Å². The SMILES string of the molecule is O=C(/C=C/c1cccc(O)c1O)C1C(O)CCC1O. The zero-order valence-electron chi connectivity index (χ0n) is 10.2. The summed E-state index contributed by atoms with van der Waals surface area (Å²) in [5.74, 6) is -1.77. The molecule has 0 saturated heterocycles. The van der Waals surface area contributed by atoms with Gasteiger partial charge in [0.05, 0.1) is 18.1 Å². The van der Waals surface area contributed by atoms with Gasteiger partial charge in [0.15, 0.2) is 17.3 Å². The molecule has 0 radical (unpaired) electrons. The third-order valence-electron chi connectivity index (χ3n) is 3.39. The number of aliphatic hydroxyl groups excluding tert-OH is 2. The van der Waals surface area contributed by atoms with E-state index in [0.717, 1.165) is 0 Å². The smallest absolute Gasteiger partial charge is 0.164 e. The second-order valence-electron chi connectivity index (χ2n) is 4.69. The highest BCUT2D eigenvalue weighted by Crippen LogP contribution is 2.30. The predicted molar refractivity (Wildman–Crippen MR) is 68.6 cm³/mol. The van der Waals surface area contributed by atoms with Crippen LogP contribution in [0, 0.1) is 5.92 Å². The van der Waals surface area contributed by atoms with Crippen LogP contribution < -0.4 is 0 Å². The Labute approximate surface area is 110 Å². The highest BCUT2D eigenvalue weighted by molar-refractivity contribution is 5.96. The fourth-order valence-corrected chi connectivity index (χ4v) is 2.30. The van der Waals surface area contributed by atoms with Gasteiger partial charge in [-0.3, -0.25) is 4.79 Å². The number of aromatic hydroxyl groups is 2. The van der Waals surface area contributed by atoms with Gasteiger partial charge >= 0.3 is 0 Å². The van der Waals surface area contributed by atoms with Crippen LogP contribution in [0.25, 0.3) is 6.08 Å². The second-order valence-corrected chi connectivity index (χ2v) is 4.69. The minimum Gasteiger partial charge on any atom is -0.504 e. The van der Waals surface area contributed by atoms with Crippen molar-refractivity contribution in [3.8, 4) is 11.5 Å². The molecule has 0 bridgehead atoms. The van der Waals surface area contributed by atoms with Crippen LogP contribution >= 0.6 is 0 Å². The second kappa shape index (κ2) is 5.42. The lowest BCUT2D eigenvalue weighted by Gasteiger charge is -2.14. The van der Waals surface area contributed by atoms with E-state index in [1.165, 1.54) is 18.2 Å². The Bertz CT molecular complexity index is 499. The van der Waals surface area contributed by atoms with Gasteiger partial charge in [-0.05, 0) is 31.1 Å². The molecule has 0 heterocycles. The lowest BCUT2D eigenvalue weighted by Crippen LogP contribution is -2.29. The summed E-state index contributed by atoms with van der Waals surface area (Å²) < 4.78 is 0. The van der Waals surface area contributed by atoms with Crippen LogP contribution in [0.2, 0.25) is 0 Å². The predicted octanol–water partition coefficient (Wildman–Crippen LogP) is 0.812. The van der Waals surface area contributed by atoms with Gasteiger partial charge in [0, 0.05) is 5.56 Å². The molecular formula is C14H16O5. The van der Waals surface area contributed by atoms with Crippen molar-refractivity contribution >= 4 is 11.9 Å². The highest BCUT2D eigenvalue weighted by Gasteiger charge is 2.37. The topological polar surface area (TPSA) is 98.0 Å². The lowest BCUT2D eigenvalue weighted by molar-refractivity contribution is -0.123. The minimum atomic E-state index is -0.829. The molecule has 1 saturated carbocycles. The van der Waals surface area contributed by atoms with Gasteiger partial charge in [-0.25, -0.2) is 0 Å². The number of phenolic OH excluding ortho intramolecular Hbond substituents is 2. The first-order valence-corrected chi connectivity index (χ1v) is 6.09. The third kappa shape index (κ3) is 2.77. The van der Waals surface area contributed by atoms with Crippen LogP contribution in [-0.4, -0.2) is 38.4 Å². The molecule has 1 aromatic carbocycles. The number of rotatable bonds is 3. The summed E-state index contributed by atoms with van der Waals surface area (Å²) in [6.45, 7) is 0. The Hall–Kier alpha value is -1.85. The molecule has 1 aliphatic carbocycles. The first-order chi connectivity index (χ1) is 9.00. The summed E-state index contributed by atoms with van der Waals surface area (Å²) in [6.07, 6.45) is 1.72. The Morgan fingerprint density at radius 1 is 1.16 bits per heavy atom. The van der Waals surface area contributed by atoms with Crippen LogP contribution in [0.3, 0.4) is 0 Å². The van der Waals surface area contributed by atoms with Crippen molar-refractivity contribution in [1.82, 2.24) is 0 Å². The van der Waals surface area contributed by atoms with Crippen molar-refractivity contribution in [3.05, 3.63) is 29.8 Å². The number of hydrogen-bond donors (Lipinski definition) is 4. The monoisotopic (exact) mass is 264 g/mol. The van der Waals surface area contributed by atoms with Gasteiger partial charge in [0.1, 0.15) is 0 Å². The number of ketones is 1. The molecule has 0 amide bonds. The lowest BCUT2D eigenvalue weighted by atomic mass is 9.97. The molecule has 5 heteroatoms. The quantitative estimate of drug-likeness (QED) is 0.478. The van der Waals surface area contributed by atoms with E-state index in [-0.39, 0.29) is 17.3 Å². The van der Waals surface area contributed by atoms with Gasteiger partial charge in [-0.1, -0.05) is 12.1 Å². The van der Waals surface area contributed by atoms with Gasteiger partial charge in [-0.15, -0.1) is 0 Å². The molecule has 102 valence electrons. The van der Waals surface area contributed by atoms with Crippen molar-refractivity contribution in [2.45, 2.75) is 25.0 Å². The summed E-state index contributed by atoms with van der Waals surface area (Å²) in [4.78, 5) is 11.9. The number of benzene rings is 1. The van der Waals surface area contributed by atoms with E-state index < -0.39 is 18.1 Å². The number of allylic oxidation sites excluding steroid dienone is 1. The van der Waals surface area contributed by atoms with Crippen LogP contribution in [0.1, 0.15) is 18.4 Å². The molecule has 4 N–H and O–H groups in total. The van der Waals surface area contributed by atoms with Crippen LogP contribution in [0.4, 0.5) is 0 Å². The summed E-state index contributed by atoms with van der Waals surface area (Å²) in [7, 11) is 0. The Morgan fingerprint density at radius 3 is 2.42 bits per heavy atom. The van der Waals surface area contributed by atoms with E-state index in [1.54, 1.807) is 12.1 Å². The fourth-order valence-electron chi connectivity index (χ4n) is 2.30. The summed E-state index contributed by atoms with van der Waals surface area (Å²) >= 11 is 0. The average Bonchev–Trinajstić information content (AvgIpc) is 2.71. The van der Waals surface area contributed by atoms with Crippen LogP contribution in [0.15, 0.2) is 24.3 Å². The molecule has 2 unspecified atom stereocenters. The average molecular weight is 264 g/mol. The van der Waals surface area contributed by atoms with Crippen molar-refractivity contribution in [2.75, 3.05) is 0 Å². The third-order valence-corrected chi connectivity index (χ3v) is 3.39. The normalized spacial score (nSPS) is 26.9. The fraction of sp³-hybridized carbons (Fsp3) is 0.357. The first-order valence-electron chi connectivity index (χ1n) is 6.09. The number of para-hydroxylation sites is 1. The van der Waals surface area contributed by atoms with E-state index in [4.69, 9.17) is 0 Å². The zero-order chi connectivity index (χ0) is 14.0. The molecule has 2 atom stereocenters. The largest absolute Gasteiger partial charge is 0.504 e. The first kappa shape index (κ1) is 13.6. The van der Waals surface area contributed by atoms with Gasteiger partial charge in [0.2, 0.25) is 0 Å². The molecule has 1 aromatic rings. The Morgan fingerprint density at radius 2 is 1.79 bits per heavy atom. The van der Waals surface area contributed by atoms with E-state index >= 15 is 0 Å². The molecule has 0 spiro atoms. The number of hydrogen-bond acceptors (Lipinski definition) is 5. The molecule has 0 aliphatic heterocycles. The number of carbonyl (C=O) groups is 1. The molecule has 0 aromatic heterocycles. The molecule has 1 aliphatic rings. The molecule has 5 nitrogen and oxygen atoms in total. The summed E-state index contributed by atoms with van der Waals surface area (Å²) in [6, 6.07) is 4.41. The Kier molecular flexibility index (Phi) is 3.87. The maximum atomic E-state index is 11.9. The molecule has 2 rings (SSSR count). The summed E-state index contributed by atoms with van der Waals surface area (Å²) in [5.41, 5.74) is 0.301. The summed E-state index contributed by atoms with van der Waals surface area (Å²) in [5, 5.41) is 38.1. The van der Waals surface area contributed by atoms with Crippen molar-refractivity contribution in [2.24, 2.45) is 5.92 Å². The van der Waals surface area contributed by atoms with Gasteiger partial charge in [0.25, 0.3) is 0 Å². The number of aliphatic hydroxyl groups is 2. The van der Waals surface area contributed by atoms with Gasteiger partial charge < -0.3 is 20.4 Å². The zero-order valence-corrected chi connectivity index (χ0v) is 10.2. The Balaban J connectivity index is 2.14. The van der Waals surface area contributed by atoms with E-state index in [1.807, 2.05) is 0 Å². The maximum Gasteiger partial charge on any atom is 0.164 e. The minimum absolute atomic E-state index is 0.268. The van der Waals surface area contributed by atoms with Crippen molar-refractivity contribution < 1.29 is 25.2 Å². The molecule has 1 fully saturated rings. The van der Waals surface area contributed by atoms with Crippen molar-refractivity contribution in [3.63, 3.8) is 0 Å².